The second-order valence-corrected chi connectivity index (χ2v) is 5.13. The molecule has 2 aromatic rings. The molecule has 0 atom stereocenters. The van der Waals surface area contributed by atoms with Crippen LogP contribution in [0.4, 0.5) is 8.78 Å². The molecule has 0 saturated heterocycles. The van der Waals surface area contributed by atoms with Crippen LogP contribution in [-0.4, -0.2) is 20.8 Å². The van der Waals surface area contributed by atoms with Crippen molar-refractivity contribution in [3.63, 3.8) is 0 Å². The van der Waals surface area contributed by atoms with Gasteiger partial charge in [-0.1, -0.05) is 16.9 Å². The Morgan fingerprint density at radius 2 is 1.95 bits per heavy atom. The molecule has 0 aliphatic rings. The Labute approximate surface area is 118 Å². The van der Waals surface area contributed by atoms with Gasteiger partial charge in [0.05, 0.1) is 15.6 Å². The summed E-state index contributed by atoms with van der Waals surface area (Å²) in [6.45, 7) is 1.79. The number of nitrogens with zero attached hydrogens (tertiary/aromatic N) is 3. The summed E-state index contributed by atoms with van der Waals surface area (Å²) in [5.41, 5.74) is 6.04. The maximum Gasteiger partial charge on any atom is 0.170 e. The third kappa shape index (κ3) is 2.74. The van der Waals surface area contributed by atoms with Crippen LogP contribution in [0.25, 0.3) is 0 Å². The Morgan fingerprint density at radius 1 is 1.35 bits per heavy atom. The van der Waals surface area contributed by atoms with Gasteiger partial charge in [0.15, 0.2) is 5.84 Å². The maximum absolute atomic E-state index is 13.9. The zero-order valence-corrected chi connectivity index (χ0v) is 11.6. The molecule has 0 bridgehead atoms. The van der Waals surface area contributed by atoms with E-state index < -0.39 is 11.6 Å². The number of oxime groups is 1. The highest BCUT2D eigenvalue weighted by molar-refractivity contribution is 7.99. The molecule has 20 heavy (non-hydrogen) atoms. The summed E-state index contributed by atoms with van der Waals surface area (Å²) in [6, 6.07) is 3.76. The van der Waals surface area contributed by atoms with Crippen LogP contribution >= 0.6 is 11.8 Å². The minimum Gasteiger partial charge on any atom is -0.409 e. The number of nitrogens with two attached hydrogens (primary N) is 1. The van der Waals surface area contributed by atoms with Gasteiger partial charge in [-0.15, -0.1) is 0 Å². The molecule has 0 fully saturated rings. The van der Waals surface area contributed by atoms with E-state index in [1.807, 2.05) is 0 Å². The number of halogens is 2. The quantitative estimate of drug-likeness (QED) is 0.394. The lowest BCUT2D eigenvalue weighted by atomic mass is 10.2. The summed E-state index contributed by atoms with van der Waals surface area (Å²) in [5.74, 6) is -1.92. The Balaban J connectivity index is 2.41. The van der Waals surface area contributed by atoms with E-state index in [4.69, 9.17) is 10.9 Å². The van der Waals surface area contributed by atoms with Gasteiger partial charge in [-0.05, 0) is 25.1 Å². The second kappa shape index (κ2) is 5.49. The molecular weight excluding hydrogens is 286 g/mol. The van der Waals surface area contributed by atoms with E-state index in [0.717, 1.165) is 29.6 Å². The van der Waals surface area contributed by atoms with Gasteiger partial charge in [-0.3, -0.25) is 4.68 Å². The van der Waals surface area contributed by atoms with Gasteiger partial charge in [0, 0.05) is 12.6 Å². The minimum atomic E-state index is -0.782. The minimum absolute atomic E-state index is 0.0203. The van der Waals surface area contributed by atoms with Crippen LogP contribution in [0.3, 0.4) is 0 Å². The van der Waals surface area contributed by atoms with Crippen molar-refractivity contribution in [3.05, 3.63) is 41.1 Å². The number of hydrogen-bond donors (Lipinski definition) is 2. The highest BCUT2D eigenvalue weighted by Gasteiger charge is 2.16. The molecule has 0 amide bonds. The van der Waals surface area contributed by atoms with Gasteiger partial charge in [0.1, 0.15) is 11.6 Å². The molecule has 0 aliphatic carbocycles. The van der Waals surface area contributed by atoms with Crippen LogP contribution in [-0.2, 0) is 7.05 Å². The molecule has 1 aromatic carbocycles. The van der Waals surface area contributed by atoms with Crippen LogP contribution in [0.5, 0.6) is 0 Å². The molecule has 5 nitrogen and oxygen atoms in total. The molecule has 0 unspecified atom stereocenters. The monoisotopic (exact) mass is 298 g/mol. The first-order chi connectivity index (χ1) is 9.42. The van der Waals surface area contributed by atoms with E-state index >= 15 is 0 Å². The average Bonchev–Trinajstić information content (AvgIpc) is 2.71. The Morgan fingerprint density at radius 3 is 2.40 bits per heavy atom. The van der Waals surface area contributed by atoms with E-state index in [2.05, 4.69) is 10.3 Å². The largest absolute Gasteiger partial charge is 0.409 e. The Bertz CT molecular complexity index is 661. The van der Waals surface area contributed by atoms with E-state index in [-0.39, 0.29) is 16.3 Å². The van der Waals surface area contributed by atoms with E-state index in [1.54, 1.807) is 20.0 Å². The molecule has 8 heteroatoms. The van der Waals surface area contributed by atoms with Crippen molar-refractivity contribution < 1.29 is 14.0 Å². The molecule has 106 valence electrons. The first-order valence-corrected chi connectivity index (χ1v) is 6.39. The van der Waals surface area contributed by atoms with Crippen molar-refractivity contribution in [1.82, 2.24) is 9.78 Å². The third-order valence-electron chi connectivity index (χ3n) is 2.57. The molecule has 0 aliphatic heterocycles. The normalized spacial score (nSPS) is 11.9. The molecule has 0 spiro atoms. The van der Waals surface area contributed by atoms with Crippen LogP contribution < -0.4 is 5.73 Å². The van der Waals surface area contributed by atoms with Crippen molar-refractivity contribution in [1.29, 1.82) is 0 Å². The summed E-state index contributed by atoms with van der Waals surface area (Å²) >= 11 is 0.924. The van der Waals surface area contributed by atoms with Gasteiger partial charge in [-0.25, -0.2) is 8.78 Å². The number of hydrogen-bond acceptors (Lipinski definition) is 4. The topological polar surface area (TPSA) is 76.4 Å². The van der Waals surface area contributed by atoms with Gasteiger partial charge in [0.2, 0.25) is 0 Å². The Hall–Kier alpha value is -2.09. The lowest BCUT2D eigenvalue weighted by Gasteiger charge is -2.07. The lowest BCUT2D eigenvalue weighted by molar-refractivity contribution is 0.318. The van der Waals surface area contributed by atoms with Crippen molar-refractivity contribution in [3.8, 4) is 0 Å². The fraction of sp³-hybridized carbons (Fsp3) is 0.167. The zero-order valence-electron chi connectivity index (χ0n) is 10.8. The van der Waals surface area contributed by atoms with E-state index in [1.165, 1.54) is 4.68 Å². The summed E-state index contributed by atoms with van der Waals surface area (Å²) in [7, 11) is 1.69. The van der Waals surface area contributed by atoms with Crippen LogP contribution in [0, 0.1) is 18.6 Å². The molecular formula is C12H12F2N4OS. The Kier molecular flexibility index (Phi) is 3.93. The number of benzene rings is 1. The van der Waals surface area contributed by atoms with Crippen LogP contribution in [0.2, 0.25) is 0 Å². The van der Waals surface area contributed by atoms with Gasteiger partial charge < -0.3 is 10.9 Å². The highest BCUT2D eigenvalue weighted by Crippen LogP contribution is 2.32. The van der Waals surface area contributed by atoms with Crippen molar-refractivity contribution in [2.24, 2.45) is 17.9 Å². The second-order valence-electron chi connectivity index (χ2n) is 4.10. The van der Waals surface area contributed by atoms with Gasteiger partial charge in [-0.2, -0.15) is 5.10 Å². The fourth-order valence-corrected chi connectivity index (χ4v) is 2.57. The van der Waals surface area contributed by atoms with Gasteiger partial charge in [0.25, 0.3) is 0 Å². The van der Waals surface area contributed by atoms with Crippen LogP contribution in [0.1, 0.15) is 11.3 Å². The van der Waals surface area contributed by atoms with Gasteiger partial charge >= 0.3 is 0 Å². The van der Waals surface area contributed by atoms with E-state index in [9.17, 15) is 8.78 Å². The molecule has 0 saturated carbocycles. The summed E-state index contributed by atoms with van der Waals surface area (Å²) < 4.78 is 29.4. The molecule has 2 rings (SSSR count). The number of amidine groups is 1. The number of rotatable bonds is 3. The number of aryl methyl sites for hydroxylation is 2. The van der Waals surface area contributed by atoms with Crippen LogP contribution in [0.15, 0.2) is 33.3 Å². The lowest BCUT2D eigenvalue weighted by Crippen LogP contribution is -2.14. The average molecular weight is 298 g/mol. The summed E-state index contributed by atoms with van der Waals surface area (Å²) in [5, 5.41) is 15.9. The summed E-state index contributed by atoms with van der Waals surface area (Å²) in [4.78, 5) is -0.164. The molecule has 1 aromatic heterocycles. The first kappa shape index (κ1) is 14.3. The van der Waals surface area contributed by atoms with Crippen molar-refractivity contribution in [2.75, 3.05) is 0 Å². The van der Waals surface area contributed by atoms with Crippen molar-refractivity contribution in [2.45, 2.75) is 16.8 Å². The SMILES string of the molecule is Cc1cc(Sc2c(F)cc(/C(N)=N/O)cc2F)n(C)n1. The first-order valence-electron chi connectivity index (χ1n) is 5.57. The molecule has 1 heterocycles. The maximum atomic E-state index is 13.9. The smallest absolute Gasteiger partial charge is 0.170 e. The molecule has 0 radical (unpaired) electrons. The van der Waals surface area contributed by atoms with Crippen molar-refractivity contribution >= 4 is 17.6 Å². The predicted octanol–water partition coefficient (Wildman–Crippen LogP) is 2.25. The standard InChI is InChI=1S/C12H12F2N4OS/c1-6-3-10(18(2)16-6)20-11-8(13)4-7(5-9(11)14)12(15)17-19/h3-5,19H,1-2H3,(H2,15,17). The predicted molar refractivity (Wildman–Crippen MR) is 70.9 cm³/mol. The summed E-state index contributed by atoms with van der Waals surface area (Å²) in [6.07, 6.45) is 0. The highest BCUT2D eigenvalue weighted by atomic mass is 32.2. The van der Waals surface area contributed by atoms with E-state index in [0.29, 0.717) is 5.03 Å². The fourth-order valence-electron chi connectivity index (χ4n) is 1.65. The number of aromatic nitrogens is 2. The zero-order chi connectivity index (χ0) is 14.9. The third-order valence-corrected chi connectivity index (χ3v) is 3.75. The molecule has 3 N–H and O–H groups in total.